The van der Waals surface area contributed by atoms with E-state index in [1.54, 1.807) is 13.2 Å². The number of alkyl carbamates (subject to hydrolysis) is 1. The van der Waals surface area contributed by atoms with Crippen LogP contribution in [0.4, 0.5) is 4.79 Å². The molecule has 1 amide bonds. The second kappa shape index (κ2) is 7.83. The minimum atomic E-state index is -0.520. The second-order valence-corrected chi connectivity index (χ2v) is 6.60. The molecular weight excluding hydrogens is 318 g/mol. The van der Waals surface area contributed by atoms with E-state index >= 15 is 0 Å². The topological polar surface area (TPSA) is 64.6 Å². The van der Waals surface area contributed by atoms with Crippen LogP contribution in [0, 0.1) is 0 Å². The third-order valence-corrected chi connectivity index (χ3v) is 3.48. The Morgan fingerprint density at radius 3 is 2.36 bits per heavy atom. The molecule has 0 bridgehead atoms. The van der Waals surface area contributed by atoms with Crippen LogP contribution in [0.1, 0.15) is 36.7 Å². The summed E-state index contributed by atoms with van der Waals surface area (Å²) in [5.74, 6) is 0.553. The number of amides is 1. The van der Waals surface area contributed by atoms with Crippen molar-refractivity contribution in [3.05, 3.63) is 53.6 Å². The molecule has 0 aliphatic carbocycles. The van der Waals surface area contributed by atoms with E-state index in [1.807, 2.05) is 57.2 Å². The number of rotatable bonds is 5. The lowest BCUT2D eigenvalue weighted by molar-refractivity contribution is 0.0523. The van der Waals surface area contributed by atoms with Crippen molar-refractivity contribution in [2.75, 3.05) is 7.11 Å². The highest BCUT2D eigenvalue weighted by Gasteiger charge is 2.15. The number of ether oxygens (including phenoxy) is 2. The number of carbonyl (C=O) groups is 2. The smallest absolute Gasteiger partial charge is 0.407 e. The zero-order valence-electron chi connectivity index (χ0n) is 15.0. The van der Waals surface area contributed by atoms with Crippen molar-refractivity contribution in [3.8, 4) is 16.9 Å². The molecule has 0 saturated carbocycles. The lowest BCUT2D eigenvalue weighted by atomic mass is 10.0. The molecule has 132 valence electrons. The predicted molar refractivity (Wildman–Crippen MR) is 96.9 cm³/mol. The van der Waals surface area contributed by atoms with Gasteiger partial charge in [-0.2, -0.15) is 0 Å². The van der Waals surface area contributed by atoms with E-state index < -0.39 is 11.7 Å². The number of carbonyl (C=O) groups excluding carboxylic acids is 2. The molecule has 5 heteroatoms. The summed E-state index contributed by atoms with van der Waals surface area (Å²) in [4.78, 5) is 22.8. The zero-order chi connectivity index (χ0) is 18.4. The highest BCUT2D eigenvalue weighted by molar-refractivity contribution is 5.86. The Labute approximate surface area is 148 Å². The minimum Gasteiger partial charge on any atom is -0.495 e. The average molecular weight is 341 g/mol. The molecule has 0 unspecified atom stereocenters. The molecule has 2 aromatic rings. The van der Waals surface area contributed by atoms with Crippen LogP contribution in [-0.4, -0.2) is 25.1 Å². The first-order valence-corrected chi connectivity index (χ1v) is 8.02. The van der Waals surface area contributed by atoms with Crippen molar-refractivity contribution in [2.45, 2.75) is 32.9 Å². The molecule has 2 aromatic carbocycles. The Hall–Kier alpha value is -2.82. The maximum atomic E-state index is 11.7. The second-order valence-electron chi connectivity index (χ2n) is 6.60. The van der Waals surface area contributed by atoms with Crippen LogP contribution in [0.25, 0.3) is 11.1 Å². The highest BCUT2D eigenvalue weighted by atomic mass is 16.6. The molecule has 0 aliphatic rings. The third kappa shape index (κ3) is 5.08. The van der Waals surface area contributed by atoms with Gasteiger partial charge in [-0.25, -0.2) is 4.79 Å². The molecule has 0 fully saturated rings. The van der Waals surface area contributed by atoms with E-state index in [-0.39, 0.29) is 0 Å². The summed E-state index contributed by atoms with van der Waals surface area (Å²) in [6.45, 7) is 5.84. The molecule has 0 aromatic heterocycles. The van der Waals surface area contributed by atoms with Gasteiger partial charge < -0.3 is 14.8 Å². The molecule has 1 N–H and O–H groups in total. The van der Waals surface area contributed by atoms with Gasteiger partial charge in [0.2, 0.25) is 0 Å². The Bertz CT molecular complexity index is 745. The molecular formula is C20H23NO4. The van der Waals surface area contributed by atoms with Crippen molar-refractivity contribution in [3.63, 3.8) is 0 Å². The number of hydrogen-bond acceptors (Lipinski definition) is 4. The summed E-state index contributed by atoms with van der Waals surface area (Å²) >= 11 is 0. The number of nitrogens with one attached hydrogen (secondary N) is 1. The fourth-order valence-corrected chi connectivity index (χ4v) is 2.39. The standard InChI is InChI=1S/C20H23NO4/c1-20(2,3)25-19(23)21-12-14-8-10-15(11-9-14)17-7-5-6-16(13-22)18(17)24-4/h5-11,13H,12H2,1-4H3,(H,21,23). The van der Waals surface area contributed by atoms with E-state index in [4.69, 9.17) is 9.47 Å². The normalized spacial score (nSPS) is 10.9. The van der Waals surface area contributed by atoms with Crippen molar-refractivity contribution in [1.29, 1.82) is 0 Å². The minimum absolute atomic E-state index is 0.376. The number of para-hydroxylation sites is 1. The van der Waals surface area contributed by atoms with Gasteiger partial charge in [-0.15, -0.1) is 0 Å². The first kappa shape index (κ1) is 18.5. The zero-order valence-corrected chi connectivity index (χ0v) is 15.0. The largest absolute Gasteiger partial charge is 0.495 e. The monoisotopic (exact) mass is 341 g/mol. The number of benzene rings is 2. The quantitative estimate of drug-likeness (QED) is 0.828. The van der Waals surface area contributed by atoms with Gasteiger partial charge in [0.1, 0.15) is 11.4 Å². The van der Waals surface area contributed by atoms with E-state index in [2.05, 4.69) is 5.32 Å². The van der Waals surface area contributed by atoms with Crippen molar-refractivity contribution in [1.82, 2.24) is 5.32 Å². The van der Waals surface area contributed by atoms with Gasteiger partial charge >= 0.3 is 6.09 Å². The van der Waals surface area contributed by atoms with Crippen LogP contribution in [0.5, 0.6) is 5.75 Å². The summed E-state index contributed by atoms with van der Waals surface area (Å²) in [5, 5.41) is 2.72. The molecule has 0 radical (unpaired) electrons. The van der Waals surface area contributed by atoms with Crippen molar-refractivity contribution >= 4 is 12.4 Å². The summed E-state index contributed by atoms with van der Waals surface area (Å²) < 4.78 is 10.6. The molecule has 0 aliphatic heterocycles. The average Bonchev–Trinajstić information content (AvgIpc) is 2.58. The van der Waals surface area contributed by atoms with E-state index in [0.29, 0.717) is 17.9 Å². The lowest BCUT2D eigenvalue weighted by Crippen LogP contribution is -2.32. The van der Waals surface area contributed by atoms with Gasteiger partial charge in [-0.1, -0.05) is 36.4 Å². The van der Waals surface area contributed by atoms with Gasteiger partial charge in [0.05, 0.1) is 12.7 Å². The first-order valence-electron chi connectivity index (χ1n) is 8.02. The van der Waals surface area contributed by atoms with E-state index in [0.717, 1.165) is 23.0 Å². The summed E-state index contributed by atoms with van der Waals surface area (Å²) in [5.41, 5.74) is 2.71. The van der Waals surface area contributed by atoms with E-state index in [9.17, 15) is 9.59 Å². The predicted octanol–water partition coefficient (Wildman–Crippen LogP) is 4.20. The summed E-state index contributed by atoms with van der Waals surface area (Å²) in [7, 11) is 1.55. The number of methoxy groups -OCH3 is 1. The van der Waals surface area contributed by atoms with E-state index in [1.165, 1.54) is 0 Å². The van der Waals surface area contributed by atoms with Crippen LogP contribution < -0.4 is 10.1 Å². The van der Waals surface area contributed by atoms with Crippen LogP contribution in [0.2, 0.25) is 0 Å². The van der Waals surface area contributed by atoms with Crippen molar-refractivity contribution < 1.29 is 19.1 Å². The van der Waals surface area contributed by atoms with Gasteiger partial charge in [0.15, 0.2) is 6.29 Å². The molecule has 0 atom stereocenters. The third-order valence-electron chi connectivity index (χ3n) is 3.48. The maximum absolute atomic E-state index is 11.7. The highest BCUT2D eigenvalue weighted by Crippen LogP contribution is 2.32. The van der Waals surface area contributed by atoms with Crippen LogP contribution >= 0.6 is 0 Å². The Balaban J connectivity index is 2.11. The van der Waals surface area contributed by atoms with Crippen LogP contribution in [0.3, 0.4) is 0 Å². The molecule has 0 spiro atoms. The lowest BCUT2D eigenvalue weighted by Gasteiger charge is -2.19. The molecule has 0 heterocycles. The number of aldehydes is 1. The van der Waals surface area contributed by atoms with Crippen LogP contribution in [-0.2, 0) is 11.3 Å². The summed E-state index contributed by atoms with van der Waals surface area (Å²) in [6, 6.07) is 13.1. The Morgan fingerprint density at radius 1 is 1.12 bits per heavy atom. The van der Waals surface area contributed by atoms with Gasteiger partial charge in [-0.3, -0.25) is 4.79 Å². The van der Waals surface area contributed by atoms with Gasteiger partial charge in [-0.05, 0) is 38.0 Å². The first-order chi connectivity index (χ1) is 11.8. The SMILES string of the molecule is COc1c(C=O)cccc1-c1ccc(CNC(=O)OC(C)(C)C)cc1. The Morgan fingerprint density at radius 2 is 1.80 bits per heavy atom. The van der Waals surface area contributed by atoms with Gasteiger partial charge in [0.25, 0.3) is 0 Å². The maximum Gasteiger partial charge on any atom is 0.407 e. The fraction of sp³-hybridized carbons (Fsp3) is 0.300. The molecule has 0 saturated heterocycles. The summed E-state index contributed by atoms with van der Waals surface area (Å²) in [6.07, 6.45) is 0.332. The fourth-order valence-electron chi connectivity index (χ4n) is 2.39. The van der Waals surface area contributed by atoms with Crippen molar-refractivity contribution in [2.24, 2.45) is 0 Å². The Kier molecular flexibility index (Phi) is 5.80. The number of hydrogen-bond donors (Lipinski definition) is 1. The molecule has 25 heavy (non-hydrogen) atoms. The molecule has 5 nitrogen and oxygen atoms in total. The van der Waals surface area contributed by atoms with Crippen LogP contribution in [0.15, 0.2) is 42.5 Å². The van der Waals surface area contributed by atoms with Gasteiger partial charge in [0, 0.05) is 12.1 Å². The molecule has 2 rings (SSSR count).